The summed E-state index contributed by atoms with van der Waals surface area (Å²) in [5.74, 6) is 0. The Morgan fingerprint density at radius 1 is 1.12 bits per heavy atom. The minimum absolute atomic E-state index is 0.0485. The number of ether oxygens (including phenoxy) is 1. The Morgan fingerprint density at radius 2 is 1.68 bits per heavy atom. The predicted octanol–water partition coefficient (Wildman–Crippen LogP) is 5.37. The summed E-state index contributed by atoms with van der Waals surface area (Å²) in [7, 11) is -1.71. The lowest BCUT2D eigenvalue weighted by Crippen LogP contribution is -2.61. The normalized spacial score (nSPS) is 21.0. The lowest BCUT2D eigenvalue weighted by Gasteiger charge is -2.50. The van der Waals surface area contributed by atoms with Crippen LogP contribution in [0.4, 0.5) is 4.79 Å². The van der Waals surface area contributed by atoms with Gasteiger partial charge >= 0.3 is 6.09 Å². The van der Waals surface area contributed by atoms with E-state index < -0.39 is 13.9 Å². The third kappa shape index (κ3) is 4.64. The van der Waals surface area contributed by atoms with Crippen LogP contribution in [0.25, 0.3) is 0 Å². The number of hydrogen-bond acceptors (Lipinski definition) is 3. The van der Waals surface area contributed by atoms with Crippen LogP contribution >= 0.6 is 0 Å². The number of benzene rings is 1. The molecule has 1 aliphatic heterocycles. The van der Waals surface area contributed by atoms with Crippen molar-refractivity contribution in [3.8, 4) is 0 Å². The first-order valence-electron chi connectivity index (χ1n) is 9.47. The van der Waals surface area contributed by atoms with Gasteiger partial charge in [0.2, 0.25) is 0 Å². The molecule has 0 unspecified atom stereocenters. The highest BCUT2D eigenvalue weighted by molar-refractivity contribution is 6.73. The van der Waals surface area contributed by atoms with Gasteiger partial charge in [-0.3, -0.25) is 4.90 Å². The number of carbonyl (C=O) groups is 1. The molecular weight excluding hydrogens is 330 g/mol. The third-order valence-electron chi connectivity index (χ3n) is 5.17. The summed E-state index contributed by atoms with van der Waals surface area (Å²) in [6.07, 6.45) is -0.181. The molecule has 0 radical (unpaired) electrons. The number of hydrogen-bond donors (Lipinski definition) is 0. The Balaban J connectivity index is 2.21. The molecule has 1 saturated heterocycles. The van der Waals surface area contributed by atoms with Crippen LogP contribution in [-0.4, -0.2) is 37.6 Å². The van der Waals surface area contributed by atoms with Crippen molar-refractivity contribution in [1.29, 1.82) is 0 Å². The highest BCUT2D eigenvalue weighted by Gasteiger charge is 2.48. The first-order chi connectivity index (χ1) is 11.7. The molecule has 1 aromatic rings. The van der Waals surface area contributed by atoms with Gasteiger partial charge in [0.25, 0.3) is 0 Å². The summed E-state index contributed by atoms with van der Waals surface area (Å²) in [4.78, 5) is 14.4. The average molecular weight is 364 g/mol. The van der Waals surface area contributed by atoms with E-state index in [1.54, 1.807) is 0 Å². The van der Waals surface area contributed by atoms with Gasteiger partial charge in [-0.15, -0.1) is 0 Å². The first kappa shape index (κ1) is 20.0. The van der Waals surface area contributed by atoms with Crippen LogP contribution in [0.3, 0.4) is 0 Å². The van der Waals surface area contributed by atoms with Gasteiger partial charge < -0.3 is 9.16 Å². The van der Waals surface area contributed by atoms with Crippen LogP contribution in [0.15, 0.2) is 30.3 Å². The molecule has 2 atom stereocenters. The molecule has 1 fully saturated rings. The molecule has 1 aliphatic rings. The van der Waals surface area contributed by atoms with Crippen molar-refractivity contribution in [2.24, 2.45) is 0 Å². The molecular formula is C20H33NO3Si. The number of carbonyl (C=O) groups excluding carboxylic acids is 1. The maximum atomic E-state index is 12.6. The van der Waals surface area contributed by atoms with E-state index >= 15 is 0 Å². The smallest absolute Gasteiger partial charge is 0.410 e. The monoisotopic (exact) mass is 363 g/mol. The highest BCUT2D eigenvalue weighted by Crippen LogP contribution is 2.40. The topological polar surface area (TPSA) is 38.8 Å². The number of rotatable bonds is 6. The van der Waals surface area contributed by atoms with Gasteiger partial charge in [-0.05, 0) is 44.5 Å². The average Bonchev–Trinajstić information content (AvgIpc) is 2.54. The minimum Gasteiger partial charge on any atom is -0.444 e. The Hall–Kier alpha value is -1.33. The summed E-state index contributed by atoms with van der Waals surface area (Å²) >= 11 is 0. The van der Waals surface area contributed by atoms with Crippen LogP contribution in [-0.2, 0) is 9.16 Å². The molecule has 140 valence electrons. The molecule has 25 heavy (non-hydrogen) atoms. The summed E-state index contributed by atoms with van der Waals surface area (Å²) in [6.45, 7) is 13.0. The van der Waals surface area contributed by atoms with Gasteiger partial charge in [-0.1, -0.05) is 51.1 Å². The minimum atomic E-state index is -1.71. The van der Waals surface area contributed by atoms with E-state index in [4.69, 9.17) is 9.16 Å². The van der Waals surface area contributed by atoms with E-state index in [2.05, 4.69) is 32.9 Å². The molecule has 0 spiro atoms. The van der Waals surface area contributed by atoms with Crippen LogP contribution in [0.2, 0.25) is 18.1 Å². The van der Waals surface area contributed by atoms with Gasteiger partial charge in [0.1, 0.15) is 5.60 Å². The highest BCUT2D eigenvalue weighted by atomic mass is 28.4. The van der Waals surface area contributed by atoms with Gasteiger partial charge in [-0.25, -0.2) is 4.79 Å². The quantitative estimate of drug-likeness (QED) is 0.638. The van der Waals surface area contributed by atoms with Crippen molar-refractivity contribution >= 4 is 14.4 Å². The molecule has 0 saturated carbocycles. The molecule has 1 aromatic carbocycles. The maximum absolute atomic E-state index is 12.6. The fraction of sp³-hybridized carbons (Fsp3) is 0.650. The van der Waals surface area contributed by atoms with Crippen molar-refractivity contribution in [3.05, 3.63) is 35.9 Å². The SMILES string of the molecule is CC[Si](CC)(CC)O[C@@H]1CN(C(=O)OC(C)(C)C)[C@H]1c1ccccc1. The van der Waals surface area contributed by atoms with E-state index in [0.29, 0.717) is 6.54 Å². The standard InChI is InChI=1S/C20H33NO3Si/c1-7-25(8-2,9-3)24-17-15-21(19(22)23-20(4,5)6)18(17)16-13-11-10-12-14-16/h10-14,17-18H,7-9,15H2,1-6H3/t17-,18+/m1/s1. The number of amides is 1. The second-order valence-corrected chi connectivity index (χ2v) is 12.6. The fourth-order valence-corrected chi connectivity index (χ4v) is 6.29. The lowest BCUT2D eigenvalue weighted by molar-refractivity contribution is -0.0657. The van der Waals surface area contributed by atoms with Crippen molar-refractivity contribution in [3.63, 3.8) is 0 Å². The van der Waals surface area contributed by atoms with Crippen LogP contribution in [0.1, 0.15) is 53.1 Å². The lowest BCUT2D eigenvalue weighted by atomic mass is 9.92. The van der Waals surface area contributed by atoms with Gasteiger partial charge in [0.05, 0.1) is 18.7 Å². The second-order valence-electron chi connectivity index (χ2n) is 7.89. The second kappa shape index (κ2) is 7.91. The Labute approximate surface area is 153 Å². The summed E-state index contributed by atoms with van der Waals surface area (Å²) < 4.78 is 12.3. The molecule has 0 aliphatic carbocycles. The largest absolute Gasteiger partial charge is 0.444 e. The molecule has 5 heteroatoms. The van der Waals surface area contributed by atoms with E-state index in [1.807, 2.05) is 43.9 Å². The van der Waals surface area contributed by atoms with Gasteiger partial charge in [0, 0.05) is 0 Å². The number of nitrogens with zero attached hydrogens (tertiary/aromatic N) is 1. The Morgan fingerprint density at radius 3 is 2.16 bits per heavy atom. The molecule has 1 amide bonds. The van der Waals surface area contributed by atoms with E-state index in [-0.39, 0.29) is 18.2 Å². The zero-order valence-electron chi connectivity index (χ0n) is 16.5. The van der Waals surface area contributed by atoms with Gasteiger partial charge in [0.15, 0.2) is 8.32 Å². The Kier molecular flexibility index (Phi) is 6.33. The van der Waals surface area contributed by atoms with E-state index in [1.165, 1.54) is 0 Å². The van der Waals surface area contributed by atoms with Crippen molar-refractivity contribution in [1.82, 2.24) is 4.90 Å². The predicted molar refractivity (Wildman–Crippen MR) is 104 cm³/mol. The Bertz CT molecular complexity index is 558. The zero-order chi connectivity index (χ0) is 18.7. The van der Waals surface area contributed by atoms with Crippen LogP contribution < -0.4 is 0 Å². The summed E-state index contributed by atoms with van der Waals surface area (Å²) in [5.41, 5.74) is 0.634. The third-order valence-corrected chi connectivity index (χ3v) is 9.84. The first-order valence-corrected chi connectivity index (χ1v) is 12.0. The fourth-order valence-electron chi connectivity index (χ4n) is 3.45. The van der Waals surface area contributed by atoms with Crippen molar-refractivity contribution in [2.75, 3.05) is 6.54 Å². The van der Waals surface area contributed by atoms with Crippen LogP contribution in [0, 0.1) is 0 Å². The molecule has 0 N–H and O–H groups in total. The van der Waals surface area contributed by atoms with Crippen molar-refractivity contribution < 1.29 is 14.0 Å². The number of likely N-dealkylation sites (tertiary alicyclic amines) is 1. The molecule has 2 rings (SSSR count). The summed E-state index contributed by atoms with van der Waals surface area (Å²) in [5, 5.41) is 0. The van der Waals surface area contributed by atoms with Crippen LogP contribution in [0.5, 0.6) is 0 Å². The molecule has 0 aromatic heterocycles. The maximum Gasteiger partial charge on any atom is 0.410 e. The molecule has 4 nitrogen and oxygen atoms in total. The van der Waals surface area contributed by atoms with E-state index in [0.717, 1.165) is 23.7 Å². The zero-order valence-corrected chi connectivity index (χ0v) is 17.5. The molecule has 1 heterocycles. The molecule has 0 bridgehead atoms. The summed E-state index contributed by atoms with van der Waals surface area (Å²) in [6, 6.07) is 13.5. The van der Waals surface area contributed by atoms with Gasteiger partial charge in [-0.2, -0.15) is 0 Å². The van der Waals surface area contributed by atoms with Crippen molar-refractivity contribution in [2.45, 2.75) is 77.4 Å². The van der Waals surface area contributed by atoms with E-state index in [9.17, 15) is 4.79 Å².